The lowest BCUT2D eigenvalue weighted by molar-refractivity contribution is -0.139. The number of rotatable bonds is 3. The molecule has 1 aromatic heterocycles. The Morgan fingerprint density at radius 3 is 2.92 bits per heavy atom. The summed E-state index contributed by atoms with van der Waals surface area (Å²) in [6.07, 6.45) is 3.57. The second-order valence-electron chi connectivity index (χ2n) is 2.55. The Morgan fingerprint density at radius 2 is 2.46 bits per heavy atom. The molecule has 0 aliphatic carbocycles. The Morgan fingerprint density at radius 1 is 1.69 bits per heavy atom. The third-order valence-electron chi connectivity index (χ3n) is 1.63. The van der Waals surface area contributed by atoms with E-state index in [2.05, 4.69) is 16.3 Å². The summed E-state index contributed by atoms with van der Waals surface area (Å²) >= 11 is 0. The Kier molecular flexibility index (Phi) is 3.20. The third-order valence-corrected chi connectivity index (χ3v) is 1.63. The molecule has 0 bridgehead atoms. The molecule has 13 heavy (non-hydrogen) atoms. The Labute approximate surface area is 77.1 Å². The number of esters is 1. The molecule has 0 aliphatic rings. The van der Waals surface area contributed by atoms with Gasteiger partial charge in [-0.15, -0.1) is 0 Å². The smallest absolute Gasteiger partial charge is 0.310 e. The van der Waals surface area contributed by atoms with Crippen LogP contribution in [-0.4, -0.2) is 18.1 Å². The van der Waals surface area contributed by atoms with E-state index in [9.17, 15) is 4.79 Å². The first kappa shape index (κ1) is 9.45. The average Bonchev–Trinajstić information content (AvgIpc) is 2.19. The molecule has 0 aliphatic heterocycles. The van der Waals surface area contributed by atoms with E-state index in [0.717, 1.165) is 11.3 Å². The highest BCUT2D eigenvalue weighted by Crippen LogP contribution is 2.02. The Hall–Kier alpha value is -1.64. The van der Waals surface area contributed by atoms with Gasteiger partial charge in [-0.3, -0.25) is 9.78 Å². The van der Waals surface area contributed by atoms with Crippen LogP contribution in [0.1, 0.15) is 11.3 Å². The Balaban J connectivity index is 2.69. The van der Waals surface area contributed by atoms with Gasteiger partial charge in [0.15, 0.2) is 0 Å². The maximum atomic E-state index is 10.9. The van der Waals surface area contributed by atoms with Crippen LogP contribution in [0.5, 0.6) is 0 Å². The quantitative estimate of drug-likeness (QED) is 0.656. The first-order valence-electron chi connectivity index (χ1n) is 3.90. The molecule has 0 saturated heterocycles. The van der Waals surface area contributed by atoms with Gasteiger partial charge in [-0.1, -0.05) is 12.6 Å². The van der Waals surface area contributed by atoms with Gasteiger partial charge in [0, 0.05) is 6.20 Å². The Bertz CT molecular complexity index is 303. The van der Waals surface area contributed by atoms with Crippen molar-refractivity contribution in [1.82, 2.24) is 4.98 Å². The van der Waals surface area contributed by atoms with E-state index in [1.807, 2.05) is 12.1 Å². The van der Waals surface area contributed by atoms with E-state index in [1.54, 1.807) is 12.3 Å². The van der Waals surface area contributed by atoms with Crippen LogP contribution in [0.3, 0.4) is 0 Å². The van der Waals surface area contributed by atoms with Crippen molar-refractivity contribution in [1.29, 1.82) is 0 Å². The highest BCUT2D eigenvalue weighted by Gasteiger charge is 2.01. The number of nitrogens with zero attached hydrogens (tertiary/aromatic N) is 1. The molecule has 0 aromatic carbocycles. The SMILES string of the molecule is C=Cc1ccc(CC(=O)OC)cn1. The highest BCUT2D eigenvalue weighted by atomic mass is 16.5. The van der Waals surface area contributed by atoms with Crippen molar-refractivity contribution >= 4 is 12.0 Å². The zero-order valence-corrected chi connectivity index (χ0v) is 7.49. The number of hydrogen-bond donors (Lipinski definition) is 0. The van der Waals surface area contributed by atoms with Crippen molar-refractivity contribution in [2.24, 2.45) is 0 Å². The summed E-state index contributed by atoms with van der Waals surface area (Å²) in [5.41, 5.74) is 1.64. The molecule has 3 heteroatoms. The maximum Gasteiger partial charge on any atom is 0.310 e. The van der Waals surface area contributed by atoms with Gasteiger partial charge in [0.2, 0.25) is 0 Å². The lowest BCUT2D eigenvalue weighted by Gasteiger charge is -1.99. The second kappa shape index (κ2) is 4.40. The summed E-state index contributed by atoms with van der Waals surface area (Å²) in [5.74, 6) is -0.256. The van der Waals surface area contributed by atoms with Gasteiger partial charge in [-0.05, 0) is 17.7 Å². The summed E-state index contributed by atoms with van der Waals surface area (Å²) in [4.78, 5) is 14.9. The average molecular weight is 177 g/mol. The van der Waals surface area contributed by atoms with Crippen LogP contribution in [-0.2, 0) is 16.0 Å². The molecular formula is C10H11NO2. The fourth-order valence-electron chi connectivity index (χ4n) is 0.900. The van der Waals surface area contributed by atoms with E-state index in [0.29, 0.717) is 0 Å². The zero-order valence-electron chi connectivity index (χ0n) is 7.49. The van der Waals surface area contributed by atoms with Crippen LogP contribution in [0.2, 0.25) is 0 Å². The largest absolute Gasteiger partial charge is 0.469 e. The van der Waals surface area contributed by atoms with Crippen molar-refractivity contribution in [3.63, 3.8) is 0 Å². The minimum atomic E-state index is -0.256. The number of carbonyl (C=O) groups excluding carboxylic acids is 1. The fourth-order valence-corrected chi connectivity index (χ4v) is 0.900. The van der Waals surface area contributed by atoms with Gasteiger partial charge >= 0.3 is 5.97 Å². The highest BCUT2D eigenvalue weighted by molar-refractivity contribution is 5.72. The third kappa shape index (κ3) is 2.71. The summed E-state index contributed by atoms with van der Waals surface area (Å²) in [6, 6.07) is 3.65. The number of ether oxygens (including phenoxy) is 1. The summed E-state index contributed by atoms with van der Waals surface area (Å²) in [6.45, 7) is 3.58. The van der Waals surface area contributed by atoms with E-state index < -0.39 is 0 Å². The second-order valence-corrected chi connectivity index (χ2v) is 2.55. The van der Waals surface area contributed by atoms with Gasteiger partial charge in [0.05, 0.1) is 19.2 Å². The van der Waals surface area contributed by atoms with E-state index in [1.165, 1.54) is 7.11 Å². The number of aromatic nitrogens is 1. The molecule has 0 amide bonds. The lowest BCUT2D eigenvalue weighted by Crippen LogP contribution is -2.04. The van der Waals surface area contributed by atoms with Gasteiger partial charge in [0.25, 0.3) is 0 Å². The van der Waals surface area contributed by atoms with Gasteiger partial charge < -0.3 is 4.74 Å². The minimum absolute atomic E-state index is 0.256. The molecule has 0 unspecified atom stereocenters. The predicted octanol–water partition coefficient (Wildman–Crippen LogP) is 1.44. The standard InChI is InChI=1S/C10H11NO2/c1-3-9-5-4-8(7-11-9)6-10(12)13-2/h3-5,7H,1,6H2,2H3. The van der Waals surface area contributed by atoms with Crippen LogP contribution in [0.4, 0.5) is 0 Å². The molecule has 0 fully saturated rings. The fraction of sp³-hybridized carbons (Fsp3) is 0.200. The zero-order chi connectivity index (χ0) is 9.68. The number of pyridine rings is 1. The minimum Gasteiger partial charge on any atom is -0.469 e. The number of hydrogen-bond acceptors (Lipinski definition) is 3. The van der Waals surface area contributed by atoms with Crippen LogP contribution >= 0.6 is 0 Å². The lowest BCUT2D eigenvalue weighted by atomic mass is 10.2. The number of methoxy groups -OCH3 is 1. The van der Waals surface area contributed by atoms with Gasteiger partial charge in [-0.25, -0.2) is 0 Å². The van der Waals surface area contributed by atoms with Crippen molar-refractivity contribution in [2.45, 2.75) is 6.42 Å². The van der Waals surface area contributed by atoms with Crippen LogP contribution in [0.15, 0.2) is 24.9 Å². The molecule has 0 spiro atoms. The molecular weight excluding hydrogens is 166 g/mol. The first-order valence-corrected chi connectivity index (χ1v) is 3.90. The summed E-state index contributed by atoms with van der Waals surface area (Å²) in [5, 5.41) is 0. The van der Waals surface area contributed by atoms with Crippen LogP contribution < -0.4 is 0 Å². The van der Waals surface area contributed by atoms with Gasteiger partial charge in [-0.2, -0.15) is 0 Å². The molecule has 0 radical (unpaired) electrons. The first-order chi connectivity index (χ1) is 6.26. The predicted molar refractivity (Wildman–Crippen MR) is 50.0 cm³/mol. The summed E-state index contributed by atoms with van der Waals surface area (Å²) in [7, 11) is 1.37. The molecule has 1 rings (SSSR count). The molecule has 0 atom stereocenters. The number of carbonyl (C=O) groups is 1. The van der Waals surface area contributed by atoms with Crippen molar-refractivity contribution in [2.75, 3.05) is 7.11 Å². The van der Waals surface area contributed by atoms with E-state index >= 15 is 0 Å². The molecule has 3 nitrogen and oxygen atoms in total. The monoisotopic (exact) mass is 177 g/mol. The van der Waals surface area contributed by atoms with E-state index in [4.69, 9.17) is 0 Å². The maximum absolute atomic E-state index is 10.9. The van der Waals surface area contributed by atoms with Crippen LogP contribution in [0.25, 0.3) is 6.08 Å². The topological polar surface area (TPSA) is 39.2 Å². The summed E-state index contributed by atoms with van der Waals surface area (Å²) < 4.78 is 4.52. The molecule has 0 N–H and O–H groups in total. The van der Waals surface area contributed by atoms with Crippen molar-refractivity contribution in [3.8, 4) is 0 Å². The van der Waals surface area contributed by atoms with Crippen molar-refractivity contribution < 1.29 is 9.53 Å². The molecule has 1 aromatic rings. The molecule has 0 saturated carbocycles. The van der Waals surface area contributed by atoms with Gasteiger partial charge in [0.1, 0.15) is 0 Å². The van der Waals surface area contributed by atoms with E-state index in [-0.39, 0.29) is 12.4 Å². The molecule has 1 heterocycles. The normalized spacial score (nSPS) is 9.31. The molecule has 68 valence electrons. The van der Waals surface area contributed by atoms with Crippen LogP contribution in [0, 0.1) is 0 Å². The van der Waals surface area contributed by atoms with Crippen molar-refractivity contribution in [3.05, 3.63) is 36.2 Å².